The SMILES string of the molecule is CCCSc1nc(Oc2ccc(/C=C3/SC(=O)NC3=O)cc2)c(C#N)c(-c2ccc(F)cc2)n1. The molecular weight excluding hydrogens is 475 g/mol. The Morgan fingerprint density at radius 2 is 1.88 bits per heavy atom. The Kier molecular flexibility index (Phi) is 7.25. The Balaban J connectivity index is 1.66. The van der Waals surface area contributed by atoms with E-state index in [9.17, 15) is 19.2 Å². The third-order valence-electron chi connectivity index (χ3n) is 4.55. The lowest BCUT2D eigenvalue weighted by molar-refractivity contribution is -0.115. The van der Waals surface area contributed by atoms with E-state index in [1.165, 1.54) is 23.9 Å². The molecule has 0 aliphatic carbocycles. The quantitative estimate of drug-likeness (QED) is 0.252. The van der Waals surface area contributed by atoms with Gasteiger partial charge in [0.2, 0.25) is 5.88 Å². The van der Waals surface area contributed by atoms with Gasteiger partial charge in [-0.05, 0) is 66.2 Å². The molecule has 1 aliphatic heterocycles. The van der Waals surface area contributed by atoms with Crippen molar-refractivity contribution in [2.24, 2.45) is 0 Å². The number of halogens is 1. The molecule has 0 radical (unpaired) electrons. The zero-order valence-corrected chi connectivity index (χ0v) is 19.5. The van der Waals surface area contributed by atoms with Gasteiger partial charge in [0, 0.05) is 11.3 Å². The summed E-state index contributed by atoms with van der Waals surface area (Å²) in [5.74, 6) is 0.485. The number of aromatic nitrogens is 2. The van der Waals surface area contributed by atoms with Gasteiger partial charge in [-0.15, -0.1) is 0 Å². The van der Waals surface area contributed by atoms with Gasteiger partial charge in [-0.1, -0.05) is 30.8 Å². The summed E-state index contributed by atoms with van der Waals surface area (Å²) < 4.78 is 19.4. The second-order valence-electron chi connectivity index (χ2n) is 7.03. The van der Waals surface area contributed by atoms with Crippen molar-refractivity contribution in [3.63, 3.8) is 0 Å². The zero-order chi connectivity index (χ0) is 24.1. The Hall–Kier alpha value is -3.68. The molecule has 1 aliphatic rings. The number of nitrogens with zero attached hydrogens (tertiary/aromatic N) is 3. The van der Waals surface area contributed by atoms with Crippen molar-refractivity contribution in [1.82, 2.24) is 15.3 Å². The maximum atomic E-state index is 13.4. The highest BCUT2D eigenvalue weighted by molar-refractivity contribution is 8.18. The maximum absolute atomic E-state index is 13.4. The fraction of sp³-hybridized carbons (Fsp3) is 0.125. The van der Waals surface area contributed by atoms with E-state index in [2.05, 4.69) is 21.4 Å². The van der Waals surface area contributed by atoms with Gasteiger partial charge in [0.1, 0.15) is 23.2 Å². The standard InChI is InChI=1S/C24H17FN4O3S2/c1-2-11-33-23-27-20(15-5-7-16(25)8-6-15)18(13-26)22(29-23)32-17-9-3-14(4-10-17)12-19-21(30)28-24(31)34-19/h3-10,12H,2,11H2,1H3,(H,28,30,31)/b19-12+. The van der Waals surface area contributed by atoms with Gasteiger partial charge in [-0.3, -0.25) is 14.9 Å². The summed E-state index contributed by atoms with van der Waals surface area (Å²) in [4.78, 5) is 32.3. The predicted octanol–water partition coefficient (Wildman–Crippen LogP) is 5.77. The molecule has 2 amide bonds. The molecule has 1 N–H and O–H groups in total. The lowest BCUT2D eigenvalue weighted by Crippen LogP contribution is -2.17. The molecule has 2 heterocycles. The number of carbonyl (C=O) groups excluding carboxylic acids is 2. The molecule has 170 valence electrons. The molecule has 0 atom stereocenters. The average molecular weight is 493 g/mol. The molecule has 0 spiro atoms. The van der Waals surface area contributed by atoms with Crippen molar-refractivity contribution in [3.8, 4) is 29.0 Å². The molecule has 10 heteroatoms. The number of benzene rings is 2. The minimum Gasteiger partial charge on any atom is -0.438 e. The number of imide groups is 1. The molecule has 1 aromatic heterocycles. The first kappa shape index (κ1) is 23.5. The highest BCUT2D eigenvalue weighted by Crippen LogP contribution is 2.33. The maximum Gasteiger partial charge on any atom is 0.290 e. The number of ether oxygens (including phenoxy) is 1. The van der Waals surface area contributed by atoms with Crippen molar-refractivity contribution in [1.29, 1.82) is 5.26 Å². The van der Waals surface area contributed by atoms with E-state index in [1.54, 1.807) is 42.5 Å². The Morgan fingerprint density at radius 3 is 2.50 bits per heavy atom. The van der Waals surface area contributed by atoms with E-state index in [0.29, 0.717) is 32.6 Å². The topological polar surface area (TPSA) is 105 Å². The van der Waals surface area contributed by atoms with Crippen LogP contribution in [0.15, 0.2) is 58.6 Å². The van der Waals surface area contributed by atoms with Gasteiger partial charge in [-0.2, -0.15) is 10.2 Å². The lowest BCUT2D eigenvalue weighted by atomic mass is 10.1. The summed E-state index contributed by atoms with van der Waals surface area (Å²) in [5.41, 5.74) is 1.78. The first-order chi connectivity index (χ1) is 16.5. The summed E-state index contributed by atoms with van der Waals surface area (Å²) in [6.45, 7) is 2.04. The molecule has 4 rings (SSSR count). The fourth-order valence-corrected chi connectivity index (χ4v) is 4.36. The van der Waals surface area contributed by atoms with Gasteiger partial charge < -0.3 is 4.74 Å². The molecule has 2 aromatic carbocycles. The molecule has 0 saturated carbocycles. The molecule has 1 saturated heterocycles. The second-order valence-corrected chi connectivity index (χ2v) is 9.10. The molecule has 1 fully saturated rings. The van der Waals surface area contributed by atoms with Crippen LogP contribution in [0.2, 0.25) is 0 Å². The van der Waals surface area contributed by atoms with Crippen LogP contribution in [-0.4, -0.2) is 26.9 Å². The molecule has 0 bridgehead atoms. The first-order valence-corrected chi connectivity index (χ1v) is 12.0. The molecule has 7 nitrogen and oxygen atoms in total. The number of rotatable bonds is 7. The predicted molar refractivity (Wildman–Crippen MR) is 129 cm³/mol. The van der Waals surface area contributed by atoms with Gasteiger partial charge in [0.05, 0.1) is 10.6 Å². The van der Waals surface area contributed by atoms with E-state index in [1.807, 2.05) is 6.92 Å². The summed E-state index contributed by atoms with van der Waals surface area (Å²) in [7, 11) is 0. The lowest BCUT2D eigenvalue weighted by Gasteiger charge is -2.12. The number of hydrogen-bond donors (Lipinski definition) is 1. The Labute approximate surface area is 203 Å². The summed E-state index contributed by atoms with van der Waals surface area (Å²) in [5, 5.41) is 12.1. The summed E-state index contributed by atoms with van der Waals surface area (Å²) in [6, 6.07) is 14.6. The average Bonchev–Trinajstić information content (AvgIpc) is 3.15. The van der Waals surface area contributed by atoms with Crippen molar-refractivity contribution >= 4 is 40.7 Å². The minimum absolute atomic E-state index is 0.0952. The third kappa shape index (κ3) is 5.44. The van der Waals surface area contributed by atoms with E-state index >= 15 is 0 Å². The van der Waals surface area contributed by atoms with Gasteiger partial charge >= 0.3 is 0 Å². The highest BCUT2D eigenvalue weighted by atomic mass is 32.2. The number of nitrogens with one attached hydrogen (secondary N) is 1. The fourth-order valence-electron chi connectivity index (χ4n) is 2.99. The summed E-state index contributed by atoms with van der Waals surface area (Å²) >= 11 is 2.28. The zero-order valence-electron chi connectivity index (χ0n) is 17.9. The van der Waals surface area contributed by atoms with Crippen molar-refractivity contribution in [2.45, 2.75) is 18.5 Å². The third-order valence-corrected chi connectivity index (χ3v) is 6.42. The van der Waals surface area contributed by atoms with Crippen LogP contribution in [0.5, 0.6) is 11.6 Å². The molecule has 3 aromatic rings. The largest absolute Gasteiger partial charge is 0.438 e. The van der Waals surface area contributed by atoms with Crippen LogP contribution in [0.1, 0.15) is 24.5 Å². The van der Waals surface area contributed by atoms with Crippen molar-refractivity contribution in [2.75, 3.05) is 5.75 Å². The molecule has 0 unspecified atom stereocenters. The van der Waals surface area contributed by atoms with E-state index in [-0.39, 0.29) is 17.3 Å². The van der Waals surface area contributed by atoms with Gasteiger partial charge in [0.25, 0.3) is 11.1 Å². The minimum atomic E-state index is -0.430. The second kappa shape index (κ2) is 10.5. The smallest absolute Gasteiger partial charge is 0.290 e. The van der Waals surface area contributed by atoms with Crippen LogP contribution in [0.25, 0.3) is 17.3 Å². The van der Waals surface area contributed by atoms with Crippen LogP contribution in [0.4, 0.5) is 9.18 Å². The number of hydrogen-bond acceptors (Lipinski definition) is 8. The van der Waals surface area contributed by atoms with Crippen LogP contribution in [0.3, 0.4) is 0 Å². The highest BCUT2D eigenvalue weighted by Gasteiger charge is 2.25. The number of nitriles is 1. The van der Waals surface area contributed by atoms with E-state index in [4.69, 9.17) is 4.74 Å². The molecular formula is C24H17FN4O3S2. The van der Waals surface area contributed by atoms with Crippen LogP contribution in [-0.2, 0) is 4.79 Å². The van der Waals surface area contributed by atoms with Gasteiger partial charge in [-0.25, -0.2) is 9.37 Å². The Morgan fingerprint density at radius 1 is 1.15 bits per heavy atom. The van der Waals surface area contributed by atoms with Gasteiger partial charge in [0.15, 0.2) is 5.16 Å². The first-order valence-electron chi connectivity index (χ1n) is 10.2. The van der Waals surface area contributed by atoms with Crippen molar-refractivity contribution < 1.29 is 18.7 Å². The van der Waals surface area contributed by atoms with E-state index < -0.39 is 11.1 Å². The van der Waals surface area contributed by atoms with E-state index in [0.717, 1.165) is 23.9 Å². The monoisotopic (exact) mass is 492 g/mol. The normalized spacial score (nSPS) is 14.2. The van der Waals surface area contributed by atoms with Crippen molar-refractivity contribution in [3.05, 3.63) is 70.4 Å². The van der Waals surface area contributed by atoms with Crippen LogP contribution < -0.4 is 10.1 Å². The number of amides is 2. The van der Waals surface area contributed by atoms with Crippen LogP contribution in [0, 0.1) is 17.1 Å². The summed E-state index contributed by atoms with van der Waals surface area (Å²) in [6.07, 6.45) is 2.52. The Bertz CT molecular complexity index is 1320. The number of carbonyl (C=O) groups is 2. The van der Waals surface area contributed by atoms with Crippen LogP contribution >= 0.6 is 23.5 Å². The number of thioether (sulfide) groups is 2. The molecule has 34 heavy (non-hydrogen) atoms.